The van der Waals surface area contributed by atoms with Crippen LogP contribution in [0.5, 0.6) is 0 Å². The minimum atomic E-state index is -0.627. The molecule has 3 heterocycles. The van der Waals surface area contributed by atoms with E-state index < -0.39 is 5.60 Å². The van der Waals surface area contributed by atoms with E-state index in [1.807, 2.05) is 0 Å². The normalized spacial score (nSPS) is 43.7. The highest BCUT2D eigenvalue weighted by atomic mass is 16.7. The summed E-state index contributed by atoms with van der Waals surface area (Å²) in [6.07, 6.45) is 4.63. The molecule has 0 aromatic heterocycles. The Morgan fingerprint density at radius 3 is 2.00 bits per heavy atom. The van der Waals surface area contributed by atoms with Crippen molar-refractivity contribution in [2.45, 2.75) is 88.6 Å². The molecule has 3 fully saturated rings. The highest BCUT2D eigenvalue weighted by molar-refractivity contribution is 6.45. The predicted molar refractivity (Wildman–Crippen MR) is 75.0 cm³/mol. The fourth-order valence-electron chi connectivity index (χ4n) is 3.75. The van der Waals surface area contributed by atoms with Gasteiger partial charge in [0.1, 0.15) is 0 Å². The molecule has 2 atom stereocenters. The molecule has 0 aromatic carbocycles. The Morgan fingerprint density at radius 2 is 1.53 bits per heavy atom. The molecule has 0 radical (unpaired) electrons. The quantitative estimate of drug-likeness (QED) is 0.748. The van der Waals surface area contributed by atoms with E-state index in [4.69, 9.17) is 9.31 Å². The number of nitrogens with one attached hydrogen (secondary N) is 1. The fraction of sp³-hybridized carbons (Fsp3) is 1.00. The molecule has 0 aliphatic carbocycles. The topological polar surface area (TPSA) is 50.7 Å². The summed E-state index contributed by atoms with van der Waals surface area (Å²) in [5, 5.41) is 14.4. The van der Waals surface area contributed by atoms with Gasteiger partial charge in [0.05, 0.1) is 16.8 Å². The van der Waals surface area contributed by atoms with Gasteiger partial charge in [-0.3, -0.25) is 0 Å². The van der Waals surface area contributed by atoms with Gasteiger partial charge in [-0.05, 0) is 53.4 Å². The van der Waals surface area contributed by atoms with Crippen LogP contribution in [0.2, 0.25) is 6.32 Å². The predicted octanol–water partition coefficient (Wildman–Crippen LogP) is 1.72. The van der Waals surface area contributed by atoms with Crippen molar-refractivity contribution in [1.82, 2.24) is 5.32 Å². The first-order valence-electron chi connectivity index (χ1n) is 7.53. The van der Waals surface area contributed by atoms with Gasteiger partial charge in [-0.25, -0.2) is 0 Å². The molecule has 0 spiro atoms. The number of piperidine rings is 1. The number of aliphatic hydroxyl groups is 1. The van der Waals surface area contributed by atoms with Crippen LogP contribution in [0, 0.1) is 0 Å². The van der Waals surface area contributed by atoms with Crippen molar-refractivity contribution in [2.24, 2.45) is 0 Å². The Hall–Kier alpha value is -0.0951. The Kier molecular flexibility index (Phi) is 3.07. The largest absolute Gasteiger partial charge is 0.460 e. The lowest BCUT2D eigenvalue weighted by molar-refractivity contribution is 0.00493. The average Bonchev–Trinajstić information content (AvgIpc) is 2.64. The molecule has 2 N–H and O–H groups in total. The van der Waals surface area contributed by atoms with Crippen molar-refractivity contribution >= 4 is 7.12 Å². The molecule has 4 nitrogen and oxygen atoms in total. The van der Waals surface area contributed by atoms with E-state index >= 15 is 0 Å². The van der Waals surface area contributed by atoms with Crippen molar-refractivity contribution in [3.05, 3.63) is 0 Å². The smallest absolute Gasteiger partial charge is 0.403 e. The van der Waals surface area contributed by atoms with Crippen molar-refractivity contribution in [1.29, 1.82) is 0 Å². The molecule has 3 aliphatic heterocycles. The van der Waals surface area contributed by atoms with Crippen LogP contribution in [0.1, 0.15) is 53.4 Å². The first-order valence-corrected chi connectivity index (χ1v) is 7.53. The number of hydrogen-bond donors (Lipinski definition) is 2. The second kappa shape index (κ2) is 4.20. The molecule has 0 amide bonds. The highest BCUT2D eigenvalue weighted by Crippen LogP contribution is 2.42. The lowest BCUT2D eigenvalue weighted by Crippen LogP contribution is -2.50. The van der Waals surface area contributed by atoms with Gasteiger partial charge < -0.3 is 19.7 Å². The van der Waals surface area contributed by atoms with Crippen LogP contribution >= 0.6 is 0 Å². The Balaban J connectivity index is 1.66. The molecule has 2 unspecified atom stereocenters. The summed E-state index contributed by atoms with van der Waals surface area (Å²) in [7, 11) is -0.285. The molecule has 2 bridgehead atoms. The van der Waals surface area contributed by atoms with Crippen molar-refractivity contribution in [2.75, 3.05) is 0 Å². The Bertz CT molecular complexity index is 344. The molecule has 3 aliphatic rings. The minimum absolute atomic E-state index is 0.285. The summed E-state index contributed by atoms with van der Waals surface area (Å²) in [6, 6.07) is 0.956. The Morgan fingerprint density at radius 1 is 1.05 bits per heavy atom. The van der Waals surface area contributed by atoms with Crippen LogP contribution in [0.3, 0.4) is 0 Å². The first kappa shape index (κ1) is 13.9. The van der Waals surface area contributed by atoms with Crippen molar-refractivity contribution < 1.29 is 14.4 Å². The summed E-state index contributed by atoms with van der Waals surface area (Å²) >= 11 is 0. The summed E-state index contributed by atoms with van der Waals surface area (Å²) in [4.78, 5) is 0. The third kappa shape index (κ3) is 2.46. The van der Waals surface area contributed by atoms with Crippen LogP contribution in [0.15, 0.2) is 0 Å². The van der Waals surface area contributed by atoms with Crippen LogP contribution in [-0.2, 0) is 9.31 Å². The van der Waals surface area contributed by atoms with E-state index in [-0.39, 0.29) is 18.3 Å². The molecule has 3 saturated heterocycles. The van der Waals surface area contributed by atoms with Gasteiger partial charge in [-0.15, -0.1) is 0 Å². The van der Waals surface area contributed by atoms with Gasteiger partial charge in [0.2, 0.25) is 0 Å². The minimum Gasteiger partial charge on any atom is -0.403 e. The van der Waals surface area contributed by atoms with E-state index in [9.17, 15) is 5.11 Å². The second-order valence-corrected chi connectivity index (χ2v) is 7.66. The summed E-state index contributed by atoms with van der Waals surface area (Å²) in [5.41, 5.74) is -1.24. The number of fused-ring (bicyclic) bond motifs is 2. The van der Waals surface area contributed by atoms with Crippen LogP contribution in [0.4, 0.5) is 0 Å². The second-order valence-electron chi connectivity index (χ2n) is 7.66. The molecule has 0 saturated carbocycles. The zero-order valence-electron chi connectivity index (χ0n) is 12.5. The first-order chi connectivity index (χ1) is 8.69. The van der Waals surface area contributed by atoms with E-state index in [2.05, 4.69) is 33.0 Å². The van der Waals surface area contributed by atoms with E-state index in [0.29, 0.717) is 18.4 Å². The molecule has 5 heteroatoms. The zero-order valence-corrected chi connectivity index (χ0v) is 12.5. The number of hydrogen-bond acceptors (Lipinski definition) is 4. The molecule has 108 valence electrons. The van der Waals surface area contributed by atoms with E-state index in [1.54, 1.807) is 0 Å². The fourth-order valence-corrected chi connectivity index (χ4v) is 3.75. The molecular formula is C14H26BNO3. The molecule has 0 aromatic rings. The maximum atomic E-state index is 10.9. The maximum Gasteiger partial charge on any atom is 0.460 e. The lowest BCUT2D eigenvalue weighted by Gasteiger charge is -2.37. The van der Waals surface area contributed by atoms with E-state index in [1.165, 1.54) is 12.8 Å². The molecular weight excluding hydrogens is 241 g/mol. The maximum absolute atomic E-state index is 10.9. The van der Waals surface area contributed by atoms with Gasteiger partial charge in [0, 0.05) is 18.4 Å². The van der Waals surface area contributed by atoms with Crippen LogP contribution in [-0.4, -0.2) is 41.1 Å². The van der Waals surface area contributed by atoms with Gasteiger partial charge in [0.15, 0.2) is 0 Å². The average molecular weight is 267 g/mol. The van der Waals surface area contributed by atoms with E-state index in [0.717, 1.165) is 12.8 Å². The molecule has 19 heavy (non-hydrogen) atoms. The van der Waals surface area contributed by atoms with Crippen LogP contribution < -0.4 is 5.32 Å². The Labute approximate surface area is 116 Å². The SMILES string of the molecule is CC1(C)OB(CC2(O)CC3CCC(C2)N3)OC1(C)C. The third-order valence-electron chi connectivity index (χ3n) is 5.44. The van der Waals surface area contributed by atoms with Gasteiger partial charge in [0.25, 0.3) is 0 Å². The monoisotopic (exact) mass is 267 g/mol. The van der Waals surface area contributed by atoms with Gasteiger partial charge in [-0.2, -0.15) is 0 Å². The number of rotatable bonds is 2. The van der Waals surface area contributed by atoms with Gasteiger partial charge >= 0.3 is 7.12 Å². The van der Waals surface area contributed by atoms with Crippen molar-refractivity contribution in [3.8, 4) is 0 Å². The molecule has 3 rings (SSSR count). The van der Waals surface area contributed by atoms with Crippen LogP contribution in [0.25, 0.3) is 0 Å². The van der Waals surface area contributed by atoms with Crippen molar-refractivity contribution in [3.63, 3.8) is 0 Å². The summed E-state index contributed by atoms with van der Waals surface area (Å²) < 4.78 is 12.0. The standard InChI is InChI=1S/C14H26BNO3/c1-12(2)13(3,4)19-15(18-12)9-14(17)7-10-5-6-11(8-14)16-10/h10-11,16-17H,5-9H2,1-4H3. The third-order valence-corrected chi connectivity index (χ3v) is 5.44. The van der Waals surface area contributed by atoms with Gasteiger partial charge in [-0.1, -0.05) is 0 Å². The summed E-state index contributed by atoms with van der Waals surface area (Å²) in [5.74, 6) is 0. The highest BCUT2D eigenvalue weighted by Gasteiger charge is 2.54. The summed E-state index contributed by atoms with van der Waals surface area (Å²) in [6.45, 7) is 8.23. The lowest BCUT2D eigenvalue weighted by atomic mass is 9.69. The zero-order chi connectivity index (χ0) is 13.9.